The first-order valence-corrected chi connectivity index (χ1v) is 7.02. The Labute approximate surface area is 118 Å². The third kappa shape index (κ3) is 3.16. The molecule has 0 bridgehead atoms. The molecule has 20 heavy (non-hydrogen) atoms. The molecule has 1 fully saturated rings. The lowest BCUT2D eigenvalue weighted by molar-refractivity contribution is -0.384. The fraction of sp³-hybridized carbons (Fsp3) is 0.615. The Morgan fingerprint density at radius 2 is 2.00 bits per heavy atom. The van der Waals surface area contributed by atoms with Gasteiger partial charge in [-0.3, -0.25) is 10.1 Å². The highest BCUT2D eigenvalue weighted by molar-refractivity contribution is 5.62. The number of nitrogens with zero attached hydrogens (tertiary/aromatic N) is 4. The van der Waals surface area contributed by atoms with Crippen LogP contribution >= 0.6 is 0 Å². The van der Waals surface area contributed by atoms with Gasteiger partial charge in [0.2, 0.25) is 5.82 Å². The number of aromatic nitrogens is 1. The number of pyridine rings is 1. The van der Waals surface area contributed by atoms with Crippen LogP contribution in [0.1, 0.15) is 13.8 Å². The van der Waals surface area contributed by atoms with Crippen molar-refractivity contribution in [2.45, 2.75) is 13.8 Å². The van der Waals surface area contributed by atoms with Crippen LogP contribution in [0.15, 0.2) is 12.1 Å². The molecule has 7 nitrogen and oxygen atoms in total. The smallest absolute Gasteiger partial charge is 0.311 e. The van der Waals surface area contributed by atoms with Gasteiger partial charge in [-0.2, -0.15) is 0 Å². The lowest BCUT2D eigenvalue weighted by Gasteiger charge is -2.34. The molecule has 7 heteroatoms. The number of hydrogen-bond acceptors (Lipinski definition) is 6. The zero-order chi connectivity index (χ0) is 14.5. The maximum absolute atomic E-state index is 11.2. The van der Waals surface area contributed by atoms with E-state index in [1.54, 1.807) is 6.07 Å². The predicted octanol–water partition coefficient (Wildman–Crippen LogP) is 1.56. The summed E-state index contributed by atoms with van der Waals surface area (Å²) in [5, 5.41) is 14.3. The van der Waals surface area contributed by atoms with E-state index in [0.717, 1.165) is 39.3 Å². The van der Waals surface area contributed by atoms with Crippen molar-refractivity contribution >= 4 is 17.3 Å². The molecule has 0 atom stereocenters. The van der Waals surface area contributed by atoms with E-state index in [4.69, 9.17) is 0 Å². The van der Waals surface area contributed by atoms with Crippen LogP contribution in [0.4, 0.5) is 17.3 Å². The molecule has 1 aliphatic rings. The van der Waals surface area contributed by atoms with E-state index in [-0.39, 0.29) is 10.6 Å². The van der Waals surface area contributed by atoms with Crippen LogP contribution in [0, 0.1) is 10.1 Å². The van der Waals surface area contributed by atoms with Gasteiger partial charge < -0.3 is 15.1 Å². The Balaban J connectivity index is 2.23. The summed E-state index contributed by atoms with van der Waals surface area (Å²) in [6.45, 7) is 9.25. The molecule has 0 amide bonds. The van der Waals surface area contributed by atoms with E-state index in [1.165, 1.54) is 6.07 Å². The van der Waals surface area contributed by atoms with Crippen LogP contribution in [0.25, 0.3) is 0 Å². The molecule has 2 rings (SSSR count). The Morgan fingerprint density at radius 1 is 1.30 bits per heavy atom. The molecule has 1 aromatic rings. The molecular weight excluding hydrogens is 258 g/mol. The van der Waals surface area contributed by atoms with Crippen molar-refractivity contribution in [2.75, 3.05) is 49.5 Å². The number of rotatable bonds is 5. The number of nitro groups is 1. The van der Waals surface area contributed by atoms with Crippen molar-refractivity contribution in [1.29, 1.82) is 0 Å². The van der Waals surface area contributed by atoms with Gasteiger partial charge in [-0.1, -0.05) is 6.92 Å². The number of anilines is 2. The second-order valence-electron chi connectivity index (χ2n) is 4.75. The van der Waals surface area contributed by atoms with E-state index in [0.29, 0.717) is 11.6 Å². The Bertz CT molecular complexity index is 472. The molecule has 110 valence electrons. The zero-order valence-corrected chi connectivity index (χ0v) is 12.0. The van der Waals surface area contributed by atoms with E-state index >= 15 is 0 Å². The summed E-state index contributed by atoms with van der Waals surface area (Å²) >= 11 is 0. The van der Waals surface area contributed by atoms with Gasteiger partial charge in [-0.25, -0.2) is 4.98 Å². The highest BCUT2D eigenvalue weighted by Gasteiger charge is 2.25. The minimum atomic E-state index is -0.357. The van der Waals surface area contributed by atoms with Gasteiger partial charge in [0.15, 0.2) is 0 Å². The van der Waals surface area contributed by atoms with Crippen LogP contribution in [0.3, 0.4) is 0 Å². The van der Waals surface area contributed by atoms with E-state index in [1.807, 2.05) is 11.8 Å². The zero-order valence-electron chi connectivity index (χ0n) is 12.0. The van der Waals surface area contributed by atoms with Gasteiger partial charge in [0.05, 0.1) is 4.92 Å². The monoisotopic (exact) mass is 279 g/mol. The third-order valence-electron chi connectivity index (χ3n) is 3.53. The van der Waals surface area contributed by atoms with Crippen LogP contribution in [0.5, 0.6) is 0 Å². The summed E-state index contributed by atoms with van der Waals surface area (Å²) in [6, 6.07) is 3.19. The SMILES string of the molecule is CCNc1ccc([N+](=O)[O-])c(N2CCN(CC)CC2)n1. The highest BCUT2D eigenvalue weighted by Crippen LogP contribution is 2.28. The van der Waals surface area contributed by atoms with Gasteiger partial charge in [0.1, 0.15) is 5.82 Å². The van der Waals surface area contributed by atoms with Crippen LogP contribution in [0.2, 0.25) is 0 Å². The van der Waals surface area contributed by atoms with E-state index < -0.39 is 0 Å². The molecule has 0 aliphatic carbocycles. The number of hydrogen-bond donors (Lipinski definition) is 1. The molecule has 1 aromatic heterocycles. The fourth-order valence-electron chi connectivity index (χ4n) is 2.37. The predicted molar refractivity (Wildman–Crippen MR) is 79.4 cm³/mol. The standard InChI is InChI=1S/C13H21N5O2/c1-3-14-12-6-5-11(18(19)20)13(15-12)17-9-7-16(4-2)8-10-17/h5-6H,3-4,7-10H2,1-2H3,(H,14,15). The first-order valence-electron chi connectivity index (χ1n) is 7.02. The maximum atomic E-state index is 11.2. The summed E-state index contributed by atoms with van der Waals surface area (Å²) < 4.78 is 0. The molecule has 0 aromatic carbocycles. The van der Waals surface area contributed by atoms with E-state index in [9.17, 15) is 10.1 Å². The van der Waals surface area contributed by atoms with Gasteiger partial charge in [-0.05, 0) is 19.5 Å². The van der Waals surface area contributed by atoms with Crippen molar-refractivity contribution in [3.05, 3.63) is 22.2 Å². The average Bonchev–Trinajstić information content (AvgIpc) is 2.47. The highest BCUT2D eigenvalue weighted by atomic mass is 16.6. The summed E-state index contributed by atoms with van der Waals surface area (Å²) in [5.74, 6) is 1.16. The molecule has 0 unspecified atom stereocenters. The van der Waals surface area contributed by atoms with Crippen LogP contribution in [-0.2, 0) is 0 Å². The molecule has 0 saturated carbocycles. The normalized spacial score (nSPS) is 16.2. The quantitative estimate of drug-likeness (QED) is 0.651. The lowest BCUT2D eigenvalue weighted by atomic mass is 10.2. The third-order valence-corrected chi connectivity index (χ3v) is 3.53. The molecule has 0 radical (unpaired) electrons. The van der Waals surface area contributed by atoms with E-state index in [2.05, 4.69) is 22.1 Å². The Morgan fingerprint density at radius 3 is 2.55 bits per heavy atom. The Hall–Kier alpha value is -1.89. The first kappa shape index (κ1) is 14.5. The number of piperazine rings is 1. The van der Waals surface area contributed by atoms with Gasteiger partial charge >= 0.3 is 5.69 Å². The summed E-state index contributed by atoms with van der Waals surface area (Å²) in [4.78, 5) is 19.6. The van der Waals surface area contributed by atoms with Gasteiger partial charge in [0, 0.05) is 38.8 Å². The number of nitrogens with one attached hydrogen (secondary N) is 1. The van der Waals surface area contributed by atoms with Gasteiger partial charge in [0.25, 0.3) is 0 Å². The lowest BCUT2D eigenvalue weighted by Crippen LogP contribution is -2.46. The maximum Gasteiger partial charge on any atom is 0.311 e. The summed E-state index contributed by atoms with van der Waals surface area (Å²) in [7, 11) is 0. The fourth-order valence-corrected chi connectivity index (χ4v) is 2.37. The minimum Gasteiger partial charge on any atom is -0.370 e. The molecular formula is C13H21N5O2. The van der Waals surface area contributed by atoms with Crippen molar-refractivity contribution in [2.24, 2.45) is 0 Å². The topological polar surface area (TPSA) is 74.5 Å². The second-order valence-corrected chi connectivity index (χ2v) is 4.75. The van der Waals surface area contributed by atoms with Gasteiger partial charge in [-0.15, -0.1) is 0 Å². The Kier molecular flexibility index (Phi) is 4.73. The van der Waals surface area contributed by atoms with Crippen molar-refractivity contribution in [3.8, 4) is 0 Å². The molecule has 2 heterocycles. The average molecular weight is 279 g/mol. The first-order chi connectivity index (χ1) is 9.65. The molecule has 1 aliphatic heterocycles. The van der Waals surface area contributed by atoms with Crippen LogP contribution in [-0.4, -0.2) is 54.1 Å². The molecule has 1 saturated heterocycles. The molecule has 1 N–H and O–H groups in total. The summed E-state index contributed by atoms with van der Waals surface area (Å²) in [6.07, 6.45) is 0. The summed E-state index contributed by atoms with van der Waals surface area (Å²) in [5.41, 5.74) is 0.0802. The molecule has 0 spiro atoms. The second kappa shape index (κ2) is 6.51. The number of likely N-dealkylation sites (N-methyl/N-ethyl adjacent to an activating group) is 1. The van der Waals surface area contributed by atoms with Crippen molar-refractivity contribution in [3.63, 3.8) is 0 Å². The van der Waals surface area contributed by atoms with Crippen molar-refractivity contribution in [1.82, 2.24) is 9.88 Å². The van der Waals surface area contributed by atoms with Crippen LogP contribution < -0.4 is 10.2 Å². The largest absolute Gasteiger partial charge is 0.370 e. The van der Waals surface area contributed by atoms with Crippen molar-refractivity contribution < 1.29 is 4.92 Å². The minimum absolute atomic E-state index is 0.0802.